The SMILES string of the molecule is C/C=C(\C)C(C)(F)F.CC/C=C(/C)c1ccc(COc2nc(-c3c(OC)ncnc3C3CC3)ncc2OC)c(OC)c1F.CCC(C)C. The van der Waals surface area contributed by atoms with Gasteiger partial charge in [-0.05, 0) is 57.1 Å². The number of benzene rings is 1. The molecule has 0 unspecified atom stereocenters. The maximum atomic E-state index is 15.2. The van der Waals surface area contributed by atoms with Crippen LogP contribution in [-0.4, -0.2) is 47.2 Å². The van der Waals surface area contributed by atoms with Crippen molar-refractivity contribution in [3.8, 4) is 34.6 Å². The van der Waals surface area contributed by atoms with E-state index >= 15 is 4.39 Å². The lowest BCUT2D eigenvalue weighted by Crippen LogP contribution is -2.10. The van der Waals surface area contributed by atoms with Gasteiger partial charge in [0.25, 0.3) is 11.8 Å². The molecule has 11 heteroatoms. The summed E-state index contributed by atoms with van der Waals surface area (Å²) in [6.07, 6.45) is 10.6. The van der Waals surface area contributed by atoms with Gasteiger partial charge in [-0.3, -0.25) is 0 Å². The van der Waals surface area contributed by atoms with Crippen LogP contribution < -0.4 is 18.9 Å². The van der Waals surface area contributed by atoms with Crippen LogP contribution in [0.25, 0.3) is 17.0 Å². The second-order valence-corrected chi connectivity index (χ2v) is 11.9. The van der Waals surface area contributed by atoms with Gasteiger partial charge in [0, 0.05) is 24.0 Å². The Bertz CT molecular complexity index is 1530. The second kappa shape index (κ2) is 19.0. The van der Waals surface area contributed by atoms with Gasteiger partial charge < -0.3 is 18.9 Å². The number of rotatable bonds is 12. The molecule has 3 aromatic rings. The molecule has 48 heavy (non-hydrogen) atoms. The molecule has 2 heterocycles. The van der Waals surface area contributed by atoms with Gasteiger partial charge in [0.15, 0.2) is 23.1 Å². The van der Waals surface area contributed by atoms with Gasteiger partial charge >= 0.3 is 0 Å². The summed E-state index contributed by atoms with van der Waals surface area (Å²) in [6, 6.07) is 3.52. The molecule has 1 fully saturated rings. The first-order valence-electron chi connectivity index (χ1n) is 16.2. The summed E-state index contributed by atoms with van der Waals surface area (Å²) in [4.78, 5) is 17.7. The number of ether oxygens (including phenoxy) is 4. The first kappa shape index (κ1) is 40.0. The normalized spacial score (nSPS) is 13.2. The van der Waals surface area contributed by atoms with Crippen molar-refractivity contribution in [2.24, 2.45) is 5.92 Å². The van der Waals surface area contributed by atoms with Gasteiger partial charge in [-0.15, -0.1) is 0 Å². The summed E-state index contributed by atoms with van der Waals surface area (Å²) in [7, 11) is 4.49. The smallest absolute Gasteiger partial charge is 0.266 e. The molecule has 0 N–H and O–H groups in total. The summed E-state index contributed by atoms with van der Waals surface area (Å²) >= 11 is 0. The first-order chi connectivity index (χ1) is 22.8. The van der Waals surface area contributed by atoms with Crippen molar-refractivity contribution >= 4 is 5.57 Å². The predicted molar refractivity (Wildman–Crippen MR) is 185 cm³/mol. The van der Waals surface area contributed by atoms with Crippen LogP contribution >= 0.6 is 0 Å². The molecule has 0 saturated heterocycles. The van der Waals surface area contributed by atoms with Gasteiger partial charge in [0.1, 0.15) is 18.5 Å². The maximum absolute atomic E-state index is 15.2. The molecular weight excluding hydrogens is 621 g/mol. The van der Waals surface area contributed by atoms with E-state index in [1.807, 2.05) is 19.9 Å². The van der Waals surface area contributed by atoms with Crippen LogP contribution in [0.4, 0.5) is 13.2 Å². The van der Waals surface area contributed by atoms with E-state index in [4.69, 9.17) is 18.9 Å². The number of nitrogens with zero attached hydrogens (tertiary/aromatic N) is 4. The molecule has 1 aliphatic rings. The summed E-state index contributed by atoms with van der Waals surface area (Å²) in [5.41, 5.74) is 3.50. The second-order valence-electron chi connectivity index (χ2n) is 11.9. The van der Waals surface area contributed by atoms with Crippen molar-refractivity contribution in [1.82, 2.24) is 19.9 Å². The number of hydrogen-bond acceptors (Lipinski definition) is 8. The molecule has 264 valence electrons. The van der Waals surface area contributed by atoms with Crippen molar-refractivity contribution in [1.29, 1.82) is 0 Å². The lowest BCUT2D eigenvalue weighted by atomic mass is 10.0. The molecule has 0 aliphatic heterocycles. The number of alkyl halides is 2. The fourth-order valence-electron chi connectivity index (χ4n) is 4.18. The highest BCUT2D eigenvalue weighted by Crippen LogP contribution is 2.45. The third kappa shape index (κ3) is 11.2. The van der Waals surface area contributed by atoms with Gasteiger partial charge in [-0.25, -0.2) is 28.1 Å². The van der Waals surface area contributed by atoms with E-state index in [2.05, 4.69) is 40.7 Å². The molecule has 2 aromatic heterocycles. The van der Waals surface area contributed by atoms with E-state index in [1.165, 1.54) is 46.2 Å². The summed E-state index contributed by atoms with van der Waals surface area (Å²) in [5, 5.41) is 0. The Morgan fingerprint density at radius 3 is 2.15 bits per heavy atom. The number of allylic oxidation sites excluding steroid dienone is 4. The average Bonchev–Trinajstić information content (AvgIpc) is 3.92. The lowest BCUT2D eigenvalue weighted by Gasteiger charge is -2.16. The number of methoxy groups -OCH3 is 3. The van der Waals surface area contributed by atoms with Crippen LogP contribution in [0.15, 0.2) is 42.4 Å². The van der Waals surface area contributed by atoms with E-state index in [9.17, 15) is 8.78 Å². The molecule has 0 atom stereocenters. The van der Waals surface area contributed by atoms with E-state index in [0.29, 0.717) is 40.1 Å². The minimum Gasteiger partial charge on any atom is -0.493 e. The quantitative estimate of drug-likeness (QED) is 0.176. The predicted octanol–water partition coefficient (Wildman–Crippen LogP) is 10.0. The topological polar surface area (TPSA) is 88.5 Å². The largest absolute Gasteiger partial charge is 0.493 e. The van der Waals surface area contributed by atoms with Gasteiger partial charge in [-0.2, -0.15) is 4.98 Å². The standard InChI is InChI=1S/C26H29FN4O4.C6H10F2.C5H12/c1-6-7-15(2)18-11-10-17(23(33-4)21(18)27)13-35-25-19(32-3)12-28-24(31-25)20-22(16-8-9-16)29-14-30-26(20)34-5;1-4-5(2)6(3,7)8;1-4-5(2)3/h7,10-12,14,16H,6,8-9,13H2,1-5H3;4H,1-3H3;5H,4H2,1-3H3/b15-7-;5-4+;. The van der Waals surface area contributed by atoms with Crippen molar-refractivity contribution in [2.75, 3.05) is 21.3 Å². The third-order valence-electron chi connectivity index (χ3n) is 7.79. The fourth-order valence-corrected chi connectivity index (χ4v) is 4.18. The highest BCUT2D eigenvalue weighted by molar-refractivity contribution is 5.67. The molecule has 0 radical (unpaired) electrons. The molecule has 0 amide bonds. The molecule has 0 bridgehead atoms. The lowest BCUT2D eigenvalue weighted by molar-refractivity contribution is 0.0633. The zero-order chi connectivity index (χ0) is 36.0. The van der Waals surface area contributed by atoms with Crippen LogP contribution in [0.5, 0.6) is 23.3 Å². The van der Waals surface area contributed by atoms with E-state index in [0.717, 1.165) is 43.4 Å². The molecule has 1 saturated carbocycles. The van der Waals surface area contributed by atoms with Crippen LogP contribution in [0.2, 0.25) is 0 Å². The van der Waals surface area contributed by atoms with Crippen molar-refractivity contribution in [2.45, 2.75) is 99.5 Å². The summed E-state index contributed by atoms with van der Waals surface area (Å²) in [6.45, 7) is 14.5. The number of aromatic nitrogens is 4. The number of halogens is 3. The Morgan fingerprint density at radius 1 is 1.00 bits per heavy atom. The summed E-state index contributed by atoms with van der Waals surface area (Å²) < 4.78 is 61.5. The first-order valence-corrected chi connectivity index (χ1v) is 16.2. The average molecular weight is 673 g/mol. The van der Waals surface area contributed by atoms with Crippen LogP contribution in [0.1, 0.15) is 104 Å². The Morgan fingerprint density at radius 2 is 1.67 bits per heavy atom. The zero-order valence-electron chi connectivity index (χ0n) is 30.2. The highest BCUT2D eigenvalue weighted by atomic mass is 19.3. The van der Waals surface area contributed by atoms with Crippen LogP contribution in [0.3, 0.4) is 0 Å². The Kier molecular flexibility index (Phi) is 15.8. The fraction of sp³-hybridized carbons (Fsp3) is 0.514. The summed E-state index contributed by atoms with van der Waals surface area (Å²) in [5.74, 6) is -0.395. The monoisotopic (exact) mass is 672 g/mol. The van der Waals surface area contributed by atoms with Crippen molar-refractivity contribution in [3.63, 3.8) is 0 Å². The molecule has 1 aromatic carbocycles. The molecule has 8 nitrogen and oxygen atoms in total. The minimum absolute atomic E-state index is 0.0155. The third-order valence-corrected chi connectivity index (χ3v) is 7.79. The highest BCUT2D eigenvalue weighted by Gasteiger charge is 2.32. The van der Waals surface area contributed by atoms with Gasteiger partial charge in [0.05, 0.1) is 33.2 Å². The van der Waals surface area contributed by atoms with Crippen LogP contribution in [-0.2, 0) is 6.61 Å². The van der Waals surface area contributed by atoms with Gasteiger partial charge in [-0.1, -0.05) is 58.4 Å². The van der Waals surface area contributed by atoms with Crippen molar-refractivity contribution < 1.29 is 32.1 Å². The van der Waals surface area contributed by atoms with E-state index < -0.39 is 11.7 Å². The van der Waals surface area contributed by atoms with E-state index in [-0.39, 0.29) is 23.8 Å². The Labute approximate surface area is 283 Å². The van der Waals surface area contributed by atoms with E-state index in [1.54, 1.807) is 26.2 Å². The Balaban J connectivity index is 0.000000521. The molecule has 1 aliphatic carbocycles. The van der Waals surface area contributed by atoms with Gasteiger partial charge in [0.2, 0.25) is 5.88 Å². The zero-order valence-corrected chi connectivity index (χ0v) is 30.2. The molecular formula is C37H51F3N4O4. The molecule has 0 spiro atoms. The Hall–Kier alpha value is -4.15. The maximum Gasteiger partial charge on any atom is 0.266 e. The number of hydrogen-bond donors (Lipinski definition) is 0. The van der Waals surface area contributed by atoms with Crippen molar-refractivity contribution in [3.05, 3.63) is 65.0 Å². The minimum atomic E-state index is -2.63. The molecule has 4 rings (SSSR count). The van der Waals surface area contributed by atoms with Crippen LogP contribution in [0, 0.1) is 11.7 Å².